The second-order valence-corrected chi connectivity index (χ2v) is 13.8. The van der Waals surface area contributed by atoms with E-state index in [9.17, 15) is 14.4 Å². The average Bonchev–Trinajstić information content (AvgIpc) is 3.79. The lowest BCUT2D eigenvalue weighted by atomic mass is 10.0. The van der Waals surface area contributed by atoms with Crippen LogP contribution in [0.1, 0.15) is 46.8 Å². The molecule has 0 saturated heterocycles. The van der Waals surface area contributed by atoms with E-state index in [1.54, 1.807) is 0 Å². The number of para-hydroxylation sites is 2. The molecule has 0 unspecified atom stereocenters. The summed E-state index contributed by atoms with van der Waals surface area (Å²) in [7, 11) is 0. The van der Waals surface area contributed by atoms with Crippen LogP contribution in [-0.2, 0) is 17.8 Å². The van der Waals surface area contributed by atoms with Gasteiger partial charge in [0, 0.05) is 48.0 Å². The van der Waals surface area contributed by atoms with Crippen molar-refractivity contribution in [3.63, 3.8) is 0 Å². The predicted molar refractivity (Wildman–Crippen MR) is 229 cm³/mol. The minimum absolute atomic E-state index is 0. The molecule has 0 aliphatic heterocycles. The molecule has 12 nitrogen and oxygen atoms in total. The zero-order chi connectivity index (χ0) is 38.5. The number of H-pyrrole nitrogens is 2. The standard InChI is InChI=1S/C24H24N4O3.C19H16N4O.2CH4/c1-24(2,3)31-23(30)25-13-16-9-11-17(12-10-16)19-14-28(18-7-5-4-6-8-18)21-20(19)22(29)27-15-26-21;20-10-13-6-8-14(9-7-13)16-11-23(15-4-2-1-3-5-15)18-17(16)19(24)22-12-21-18;;/h4-12,14-15H,13H2,1-3H3,(H,25,30)(H,26,27,29);1-9,11-12H,10,20H2,(H,21,22,24);2*1H4. The number of aromatic nitrogens is 6. The number of hydrogen-bond acceptors (Lipinski definition) is 7. The number of nitrogens with one attached hydrogen (secondary N) is 3. The molecule has 0 aliphatic carbocycles. The van der Waals surface area contributed by atoms with Crippen molar-refractivity contribution in [2.45, 2.75) is 54.3 Å². The highest BCUT2D eigenvalue weighted by Crippen LogP contribution is 2.31. The predicted octanol–water partition coefficient (Wildman–Crippen LogP) is 8.52. The molecule has 5 N–H and O–H groups in total. The summed E-state index contributed by atoms with van der Waals surface area (Å²) in [4.78, 5) is 51.0. The Hall–Kier alpha value is -7.05. The molecule has 1 amide bonds. The lowest BCUT2D eigenvalue weighted by Crippen LogP contribution is -2.32. The first-order chi connectivity index (χ1) is 26.6. The van der Waals surface area contributed by atoms with E-state index in [1.165, 1.54) is 12.7 Å². The van der Waals surface area contributed by atoms with Gasteiger partial charge in [0.1, 0.15) is 5.60 Å². The van der Waals surface area contributed by atoms with E-state index in [2.05, 4.69) is 25.3 Å². The number of nitrogens with two attached hydrogens (primary N) is 1. The number of benzene rings is 4. The van der Waals surface area contributed by atoms with Crippen LogP contribution in [0.25, 0.3) is 55.7 Å². The molecule has 8 aromatic rings. The van der Waals surface area contributed by atoms with Crippen LogP contribution in [0.5, 0.6) is 0 Å². The molecular formula is C45H48N8O4. The summed E-state index contributed by atoms with van der Waals surface area (Å²) in [6, 6.07) is 35.3. The topological polar surface area (TPSA) is 166 Å². The van der Waals surface area contributed by atoms with E-state index >= 15 is 0 Å². The average molecular weight is 765 g/mol. The van der Waals surface area contributed by atoms with Crippen LogP contribution in [-0.4, -0.2) is 40.8 Å². The molecular weight excluding hydrogens is 717 g/mol. The van der Waals surface area contributed by atoms with Gasteiger partial charge in [-0.15, -0.1) is 0 Å². The largest absolute Gasteiger partial charge is 0.444 e. The zero-order valence-corrected chi connectivity index (χ0v) is 30.6. The summed E-state index contributed by atoms with van der Waals surface area (Å²) in [6.07, 6.45) is 6.28. The van der Waals surface area contributed by atoms with Crippen molar-refractivity contribution < 1.29 is 9.53 Å². The lowest BCUT2D eigenvalue weighted by molar-refractivity contribution is 0.0523. The molecule has 57 heavy (non-hydrogen) atoms. The van der Waals surface area contributed by atoms with Gasteiger partial charge in [0.05, 0.1) is 23.4 Å². The Morgan fingerprint density at radius 1 is 0.667 bits per heavy atom. The van der Waals surface area contributed by atoms with Crippen molar-refractivity contribution in [1.29, 1.82) is 0 Å². The number of ether oxygens (including phenoxy) is 1. The lowest BCUT2D eigenvalue weighted by Gasteiger charge is -2.19. The number of nitrogens with zero attached hydrogens (tertiary/aromatic N) is 4. The quantitative estimate of drug-likeness (QED) is 0.126. The molecule has 0 aliphatic rings. The van der Waals surface area contributed by atoms with Crippen molar-refractivity contribution >= 4 is 28.2 Å². The molecule has 4 aromatic heterocycles. The minimum atomic E-state index is -0.540. The number of alkyl carbamates (subject to hydrolysis) is 1. The molecule has 8 rings (SSSR count). The molecule has 12 heteroatoms. The summed E-state index contributed by atoms with van der Waals surface area (Å²) >= 11 is 0. The van der Waals surface area contributed by atoms with E-state index in [-0.39, 0.29) is 26.0 Å². The van der Waals surface area contributed by atoms with Gasteiger partial charge in [-0.05, 0) is 67.3 Å². The Labute approximate surface area is 331 Å². The highest BCUT2D eigenvalue weighted by atomic mass is 16.6. The number of amides is 1. The Balaban J connectivity index is 0.000000216. The van der Waals surface area contributed by atoms with Crippen molar-refractivity contribution in [2.75, 3.05) is 0 Å². The normalized spacial score (nSPS) is 10.9. The zero-order valence-electron chi connectivity index (χ0n) is 30.6. The number of hydrogen-bond donors (Lipinski definition) is 4. The first-order valence-corrected chi connectivity index (χ1v) is 17.7. The van der Waals surface area contributed by atoms with Gasteiger partial charge in [0.15, 0.2) is 11.3 Å². The van der Waals surface area contributed by atoms with Crippen LogP contribution in [0.4, 0.5) is 4.79 Å². The fraction of sp³-hybridized carbons (Fsp3) is 0.178. The third-order valence-corrected chi connectivity index (χ3v) is 8.85. The van der Waals surface area contributed by atoms with E-state index in [4.69, 9.17) is 10.5 Å². The van der Waals surface area contributed by atoms with Crippen molar-refractivity contribution in [3.05, 3.63) is 166 Å². The Kier molecular flexibility index (Phi) is 12.7. The van der Waals surface area contributed by atoms with Gasteiger partial charge >= 0.3 is 6.09 Å². The SMILES string of the molecule is C.C.CC(C)(C)OC(=O)NCc1ccc(-c2cn(-c3ccccc3)c3nc[nH]c(=O)c23)cc1.NCc1ccc(-c2cn(-c3ccccc3)c3nc[nH]c(=O)c23)cc1. The molecule has 0 atom stereocenters. The molecule has 0 spiro atoms. The molecule has 0 bridgehead atoms. The van der Waals surface area contributed by atoms with Crippen LogP contribution in [0.3, 0.4) is 0 Å². The smallest absolute Gasteiger partial charge is 0.407 e. The summed E-state index contributed by atoms with van der Waals surface area (Å²) < 4.78 is 9.12. The second-order valence-electron chi connectivity index (χ2n) is 13.8. The monoisotopic (exact) mass is 764 g/mol. The summed E-state index contributed by atoms with van der Waals surface area (Å²) in [5.41, 5.74) is 13.4. The molecule has 0 fully saturated rings. The van der Waals surface area contributed by atoms with E-state index in [0.29, 0.717) is 35.2 Å². The maximum absolute atomic E-state index is 12.6. The molecule has 0 saturated carbocycles. The number of carbonyl (C=O) groups excluding carboxylic acids is 1. The van der Waals surface area contributed by atoms with Gasteiger partial charge < -0.3 is 34.9 Å². The van der Waals surface area contributed by atoms with Gasteiger partial charge in [-0.3, -0.25) is 9.59 Å². The van der Waals surface area contributed by atoms with Gasteiger partial charge in [-0.25, -0.2) is 14.8 Å². The fourth-order valence-corrected chi connectivity index (χ4v) is 6.26. The molecule has 0 radical (unpaired) electrons. The highest BCUT2D eigenvalue weighted by molar-refractivity contribution is 5.95. The van der Waals surface area contributed by atoms with Gasteiger partial charge in [-0.1, -0.05) is 99.8 Å². The molecule has 4 heterocycles. The third-order valence-electron chi connectivity index (χ3n) is 8.85. The second kappa shape index (κ2) is 17.6. The fourth-order valence-electron chi connectivity index (χ4n) is 6.26. The van der Waals surface area contributed by atoms with Crippen molar-refractivity contribution in [2.24, 2.45) is 5.73 Å². The van der Waals surface area contributed by atoms with E-state index < -0.39 is 11.7 Å². The van der Waals surface area contributed by atoms with E-state index in [1.807, 2.05) is 151 Å². The summed E-state index contributed by atoms with van der Waals surface area (Å²) in [5, 5.41) is 3.87. The van der Waals surface area contributed by atoms with Crippen LogP contribution in [0.2, 0.25) is 0 Å². The van der Waals surface area contributed by atoms with Crippen molar-refractivity contribution in [3.8, 4) is 33.6 Å². The summed E-state index contributed by atoms with van der Waals surface area (Å²) in [5.74, 6) is 0. The summed E-state index contributed by atoms with van der Waals surface area (Å²) in [6.45, 7) is 6.31. The minimum Gasteiger partial charge on any atom is -0.444 e. The Morgan fingerprint density at radius 2 is 1.09 bits per heavy atom. The molecule has 292 valence electrons. The number of rotatable bonds is 7. The van der Waals surface area contributed by atoms with Crippen LogP contribution < -0.4 is 22.2 Å². The van der Waals surface area contributed by atoms with Crippen LogP contribution in [0, 0.1) is 0 Å². The Morgan fingerprint density at radius 3 is 1.49 bits per heavy atom. The maximum Gasteiger partial charge on any atom is 0.407 e. The Bertz CT molecular complexity index is 2690. The van der Waals surface area contributed by atoms with Gasteiger partial charge in [0.25, 0.3) is 11.1 Å². The molecule has 4 aromatic carbocycles. The first-order valence-electron chi connectivity index (χ1n) is 17.7. The van der Waals surface area contributed by atoms with Crippen LogP contribution >= 0.6 is 0 Å². The maximum atomic E-state index is 12.6. The van der Waals surface area contributed by atoms with E-state index in [0.717, 1.165) is 44.8 Å². The third kappa shape index (κ3) is 9.09. The number of fused-ring (bicyclic) bond motifs is 2. The van der Waals surface area contributed by atoms with Crippen LogP contribution in [0.15, 0.2) is 144 Å². The number of aromatic amines is 2. The van der Waals surface area contributed by atoms with Crippen molar-refractivity contribution in [1.82, 2.24) is 34.4 Å². The number of carbonyl (C=O) groups is 1. The van der Waals surface area contributed by atoms with Gasteiger partial charge in [0.2, 0.25) is 0 Å². The first kappa shape index (κ1) is 41.1. The highest BCUT2D eigenvalue weighted by Gasteiger charge is 2.18. The van der Waals surface area contributed by atoms with Gasteiger partial charge in [-0.2, -0.15) is 0 Å².